The van der Waals surface area contributed by atoms with Crippen LogP contribution in [0.2, 0.25) is 0 Å². The fourth-order valence-electron chi connectivity index (χ4n) is 4.08. The van der Waals surface area contributed by atoms with E-state index in [-0.39, 0.29) is 23.1 Å². The number of amides is 1. The normalized spacial score (nSPS) is 13.5. The Balaban J connectivity index is 1.58. The van der Waals surface area contributed by atoms with Crippen molar-refractivity contribution >= 4 is 28.8 Å². The maximum absolute atomic E-state index is 12.8. The Bertz CT molecular complexity index is 1380. The molecule has 1 aliphatic heterocycles. The van der Waals surface area contributed by atoms with Gasteiger partial charge in [-0.1, -0.05) is 19.9 Å². The van der Waals surface area contributed by atoms with Gasteiger partial charge in [-0.25, -0.2) is 9.78 Å². The highest BCUT2D eigenvalue weighted by atomic mass is 16.6. The Morgan fingerprint density at radius 3 is 2.71 bits per heavy atom. The smallest absolute Gasteiger partial charge is 0.410 e. The van der Waals surface area contributed by atoms with Crippen LogP contribution < -0.4 is 10.9 Å². The number of benzene rings is 1. The topological polar surface area (TPSA) is 113 Å². The molecular formula is C26H30N6O3. The second-order valence-electron chi connectivity index (χ2n) is 10.2. The van der Waals surface area contributed by atoms with Gasteiger partial charge in [0.25, 0.3) is 5.56 Å². The monoisotopic (exact) mass is 474 g/mol. The van der Waals surface area contributed by atoms with Gasteiger partial charge in [0, 0.05) is 36.9 Å². The summed E-state index contributed by atoms with van der Waals surface area (Å²) in [5, 5.41) is 13.2. The largest absolute Gasteiger partial charge is 0.444 e. The second-order valence-corrected chi connectivity index (χ2v) is 10.2. The summed E-state index contributed by atoms with van der Waals surface area (Å²) in [7, 11) is 0. The molecule has 0 atom stereocenters. The highest BCUT2D eigenvalue weighted by molar-refractivity contribution is 5.77. The molecule has 4 rings (SSSR count). The first-order chi connectivity index (χ1) is 16.5. The Morgan fingerprint density at radius 2 is 2.03 bits per heavy atom. The van der Waals surface area contributed by atoms with Gasteiger partial charge in [0.05, 0.1) is 0 Å². The molecule has 0 unspecified atom stereocenters. The molecule has 1 N–H and O–H groups in total. The van der Waals surface area contributed by atoms with Crippen LogP contribution in [0.3, 0.4) is 0 Å². The molecule has 0 aliphatic carbocycles. The van der Waals surface area contributed by atoms with E-state index in [0.717, 1.165) is 16.8 Å². The highest BCUT2D eigenvalue weighted by Crippen LogP contribution is 2.25. The standard InChI is InChI=1S/C26H30N6O3/c1-16(2)14-32-22-20(10-19(12-27)23(32)33)13-28-24(30-22)29-21-7-6-18-15-31(9-8-17(18)11-21)25(34)35-26(3,4)5/h6-7,10-11,13,16H,8-9,14-15H2,1-5H3,(H,28,29,30). The van der Waals surface area contributed by atoms with Crippen LogP contribution in [0.1, 0.15) is 51.3 Å². The predicted molar refractivity (Wildman–Crippen MR) is 133 cm³/mol. The lowest BCUT2D eigenvalue weighted by molar-refractivity contribution is 0.0224. The number of anilines is 2. The third-order valence-electron chi connectivity index (χ3n) is 5.62. The van der Waals surface area contributed by atoms with Gasteiger partial charge in [0.1, 0.15) is 22.9 Å². The minimum Gasteiger partial charge on any atom is -0.444 e. The van der Waals surface area contributed by atoms with E-state index in [9.17, 15) is 14.9 Å². The van der Waals surface area contributed by atoms with Crippen molar-refractivity contribution in [3.63, 3.8) is 0 Å². The minimum absolute atomic E-state index is 0.0811. The summed E-state index contributed by atoms with van der Waals surface area (Å²) in [5.74, 6) is 0.572. The molecule has 0 saturated heterocycles. The van der Waals surface area contributed by atoms with Gasteiger partial charge in [-0.05, 0) is 62.4 Å². The molecule has 9 nitrogen and oxygen atoms in total. The van der Waals surface area contributed by atoms with E-state index in [1.807, 2.05) is 58.9 Å². The van der Waals surface area contributed by atoms with E-state index in [1.54, 1.807) is 15.7 Å². The van der Waals surface area contributed by atoms with Gasteiger partial charge in [-0.15, -0.1) is 0 Å². The number of carbonyl (C=O) groups excluding carboxylic acids is 1. The van der Waals surface area contributed by atoms with Gasteiger partial charge >= 0.3 is 6.09 Å². The average molecular weight is 475 g/mol. The Labute approximate surface area is 204 Å². The van der Waals surface area contributed by atoms with Crippen LogP contribution in [0.4, 0.5) is 16.4 Å². The third-order valence-corrected chi connectivity index (χ3v) is 5.62. The van der Waals surface area contributed by atoms with E-state index in [2.05, 4.69) is 15.3 Å². The molecule has 35 heavy (non-hydrogen) atoms. The van der Waals surface area contributed by atoms with Gasteiger partial charge in [-0.3, -0.25) is 9.36 Å². The van der Waals surface area contributed by atoms with Crippen LogP contribution in [0.5, 0.6) is 0 Å². The number of carbonyl (C=O) groups is 1. The van der Waals surface area contributed by atoms with Crippen molar-refractivity contribution in [1.82, 2.24) is 19.4 Å². The van der Waals surface area contributed by atoms with Crippen LogP contribution >= 0.6 is 0 Å². The van der Waals surface area contributed by atoms with Gasteiger partial charge < -0.3 is 15.0 Å². The number of nitrogens with zero attached hydrogens (tertiary/aromatic N) is 5. The Kier molecular flexibility index (Phi) is 6.48. The summed E-state index contributed by atoms with van der Waals surface area (Å²) in [6.07, 6.45) is 2.04. The summed E-state index contributed by atoms with van der Waals surface area (Å²) < 4.78 is 7.05. The molecular weight excluding hydrogens is 444 g/mol. The molecule has 0 radical (unpaired) electrons. The molecule has 9 heteroatoms. The molecule has 1 aliphatic rings. The summed E-state index contributed by atoms with van der Waals surface area (Å²) in [6.45, 7) is 11.1. The molecule has 3 heterocycles. The van der Waals surface area contributed by atoms with E-state index < -0.39 is 5.60 Å². The van der Waals surface area contributed by atoms with Crippen molar-refractivity contribution in [2.45, 2.75) is 59.7 Å². The van der Waals surface area contributed by atoms with Crippen LogP contribution in [0, 0.1) is 17.2 Å². The van der Waals surface area contributed by atoms with Crippen molar-refractivity contribution < 1.29 is 9.53 Å². The van der Waals surface area contributed by atoms with Crippen molar-refractivity contribution in [2.75, 3.05) is 11.9 Å². The molecule has 0 bridgehead atoms. The van der Waals surface area contributed by atoms with Gasteiger partial charge in [-0.2, -0.15) is 10.2 Å². The highest BCUT2D eigenvalue weighted by Gasteiger charge is 2.25. The number of pyridine rings is 1. The molecule has 0 fully saturated rings. The van der Waals surface area contributed by atoms with E-state index >= 15 is 0 Å². The quantitative estimate of drug-likeness (QED) is 0.598. The zero-order valence-corrected chi connectivity index (χ0v) is 20.8. The SMILES string of the molecule is CC(C)Cn1c(=O)c(C#N)cc2cnc(Nc3ccc4c(c3)CCN(C(=O)OC(C)(C)C)C4)nc21. The fraction of sp³-hybridized carbons (Fsp3) is 0.423. The lowest BCUT2D eigenvalue weighted by atomic mass is 9.99. The number of ether oxygens (including phenoxy) is 1. The van der Waals surface area contributed by atoms with Crippen molar-refractivity contribution in [2.24, 2.45) is 5.92 Å². The maximum Gasteiger partial charge on any atom is 0.410 e. The Hall–Kier alpha value is -3.93. The first-order valence-electron chi connectivity index (χ1n) is 11.7. The summed E-state index contributed by atoms with van der Waals surface area (Å²) in [5.41, 5.74) is 2.74. The minimum atomic E-state index is -0.526. The molecule has 0 saturated carbocycles. The van der Waals surface area contributed by atoms with Gasteiger partial charge in [0.2, 0.25) is 5.95 Å². The number of hydrogen-bond donors (Lipinski definition) is 1. The predicted octanol–water partition coefficient (Wildman–Crippen LogP) is 4.36. The lowest BCUT2D eigenvalue weighted by Gasteiger charge is -2.31. The number of hydrogen-bond acceptors (Lipinski definition) is 7. The molecule has 1 amide bonds. The lowest BCUT2D eigenvalue weighted by Crippen LogP contribution is -2.39. The first kappa shape index (κ1) is 24.2. The molecule has 1 aromatic carbocycles. The molecule has 2 aromatic heterocycles. The Morgan fingerprint density at radius 1 is 1.26 bits per heavy atom. The number of aromatic nitrogens is 3. The number of fused-ring (bicyclic) bond motifs is 2. The second kappa shape index (κ2) is 9.37. The van der Waals surface area contributed by atoms with E-state index in [4.69, 9.17) is 4.74 Å². The molecule has 3 aromatic rings. The van der Waals surface area contributed by atoms with Crippen LogP contribution in [-0.2, 0) is 24.2 Å². The summed E-state index contributed by atoms with van der Waals surface area (Å²) >= 11 is 0. The van der Waals surface area contributed by atoms with Crippen LogP contribution in [0.25, 0.3) is 11.0 Å². The third kappa shape index (κ3) is 5.43. The van der Waals surface area contributed by atoms with Crippen molar-refractivity contribution in [3.8, 4) is 6.07 Å². The van der Waals surface area contributed by atoms with Crippen LogP contribution in [0.15, 0.2) is 35.3 Å². The average Bonchev–Trinajstić information content (AvgIpc) is 2.79. The van der Waals surface area contributed by atoms with E-state index in [0.29, 0.717) is 43.0 Å². The van der Waals surface area contributed by atoms with Crippen molar-refractivity contribution in [3.05, 3.63) is 57.5 Å². The van der Waals surface area contributed by atoms with Gasteiger partial charge in [0.15, 0.2) is 0 Å². The number of rotatable bonds is 4. The maximum atomic E-state index is 12.8. The molecule has 182 valence electrons. The zero-order valence-electron chi connectivity index (χ0n) is 20.8. The summed E-state index contributed by atoms with van der Waals surface area (Å²) in [4.78, 5) is 35.9. The zero-order chi connectivity index (χ0) is 25.3. The first-order valence-corrected chi connectivity index (χ1v) is 11.7. The van der Waals surface area contributed by atoms with Crippen molar-refractivity contribution in [1.29, 1.82) is 5.26 Å². The van der Waals surface area contributed by atoms with E-state index in [1.165, 1.54) is 6.07 Å². The number of nitriles is 1. The van der Waals surface area contributed by atoms with Crippen LogP contribution in [-0.4, -0.2) is 37.7 Å². The fourth-order valence-corrected chi connectivity index (χ4v) is 4.08. The number of nitrogens with one attached hydrogen (secondary N) is 1. The molecule has 0 spiro atoms. The summed E-state index contributed by atoms with van der Waals surface area (Å²) in [6, 6.07) is 9.45.